The number of rotatable bonds is 8. The van der Waals surface area contributed by atoms with Crippen LogP contribution in [0.2, 0.25) is 0 Å². The maximum atomic E-state index is 2.27. The Labute approximate surface area is 77.1 Å². The fraction of sp³-hybridized carbons (Fsp3) is 1.00. The third-order valence-electron chi connectivity index (χ3n) is 2.21. The smallest absolute Gasteiger partial charge is 0.0533 e. The van der Waals surface area contributed by atoms with Crippen LogP contribution in [0.5, 0.6) is 0 Å². The van der Waals surface area contributed by atoms with Crippen LogP contribution in [0.3, 0.4) is 0 Å². The second-order valence-corrected chi connectivity index (χ2v) is 3.47. The molecule has 0 radical (unpaired) electrons. The first kappa shape index (κ1) is 14.5. The van der Waals surface area contributed by atoms with E-state index in [0.29, 0.717) is 0 Å². The molecule has 0 aromatic heterocycles. The zero-order chi connectivity index (χ0) is 8.36. The van der Waals surface area contributed by atoms with Crippen molar-refractivity contribution in [2.24, 2.45) is 0 Å². The van der Waals surface area contributed by atoms with Crippen LogP contribution in [0.4, 0.5) is 4.70 Å². The van der Waals surface area contributed by atoms with Crippen molar-refractivity contribution in [1.29, 1.82) is 0 Å². The molecule has 0 saturated heterocycles. The first-order valence-corrected chi connectivity index (χ1v) is 5.41. The molecule has 0 aliphatic heterocycles. The molecule has 0 rings (SSSR count). The second kappa shape index (κ2) is 13.5. The van der Waals surface area contributed by atoms with Gasteiger partial charge in [-0.05, 0) is 0 Å². The lowest BCUT2D eigenvalue weighted by atomic mass is 10.1. The Morgan fingerprint density at radius 3 is 1.00 bits per heavy atom. The van der Waals surface area contributed by atoms with Crippen molar-refractivity contribution in [2.75, 3.05) is 0 Å². The summed E-state index contributed by atoms with van der Waals surface area (Å²) in [5, 5.41) is 0. The molecule has 0 N–H and O–H groups in total. The van der Waals surface area contributed by atoms with Crippen LogP contribution < -0.4 is 0 Å². The number of hydrogen-bond donors (Lipinski definition) is 0. The zero-order valence-electron chi connectivity index (χ0n) is 8.77. The van der Waals surface area contributed by atoms with Crippen molar-refractivity contribution in [2.45, 2.75) is 71.6 Å². The van der Waals surface area contributed by atoms with E-state index in [1.165, 1.54) is 57.8 Å². The third kappa shape index (κ3) is 12.6. The Balaban J connectivity index is 0. The molecule has 76 valence electrons. The molecule has 0 bridgehead atoms. The summed E-state index contributed by atoms with van der Waals surface area (Å²) < 4.78 is 0. The quantitative estimate of drug-likeness (QED) is 0.471. The molecule has 0 fully saturated rings. The van der Waals surface area contributed by atoms with E-state index in [0.717, 1.165) is 0 Å². The van der Waals surface area contributed by atoms with Crippen LogP contribution in [-0.4, -0.2) is 0 Å². The Bertz CT molecular complexity index is 54.0. The minimum absolute atomic E-state index is 0. The molecule has 0 spiro atoms. The van der Waals surface area contributed by atoms with Gasteiger partial charge in [0.15, 0.2) is 0 Å². The van der Waals surface area contributed by atoms with Crippen molar-refractivity contribution < 1.29 is 4.70 Å². The Kier molecular flexibility index (Phi) is 16.3. The molecular formula is C11H25F. The van der Waals surface area contributed by atoms with Crippen LogP contribution >= 0.6 is 0 Å². The predicted octanol–water partition coefficient (Wildman–Crippen LogP) is 4.69. The highest BCUT2D eigenvalue weighted by atomic mass is 19.0. The number of hydrogen-bond acceptors (Lipinski definition) is 0. The average Bonchev–Trinajstić information content (AvgIpc) is 2.03. The number of unbranched alkanes of at least 4 members (excludes halogenated alkanes) is 8. The van der Waals surface area contributed by atoms with Crippen molar-refractivity contribution >= 4 is 0 Å². The van der Waals surface area contributed by atoms with E-state index in [4.69, 9.17) is 0 Å². The minimum atomic E-state index is 0. The highest BCUT2D eigenvalue weighted by Gasteiger charge is 1.88. The van der Waals surface area contributed by atoms with Gasteiger partial charge in [-0.15, -0.1) is 0 Å². The zero-order valence-corrected chi connectivity index (χ0v) is 8.77. The molecule has 0 atom stereocenters. The molecule has 0 heterocycles. The van der Waals surface area contributed by atoms with Gasteiger partial charge in [-0.2, -0.15) is 0 Å². The van der Waals surface area contributed by atoms with E-state index in [1.807, 2.05) is 0 Å². The highest BCUT2D eigenvalue weighted by molar-refractivity contribution is 4.44. The van der Waals surface area contributed by atoms with Gasteiger partial charge in [-0.1, -0.05) is 71.6 Å². The topological polar surface area (TPSA) is 0 Å². The molecule has 0 saturated carbocycles. The summed E-state index contributed by atoms with van der Waals surface area (Å²) in [4.78, 5) is 0. The lowest BCUT2D eigenvalue weighted by Gasteiger charge is -1.98. The van der Waals surface area contributed by atoms with E-state index in [9.17, 15) is 0 Å². The normalized spacial score (nSPS) is 9.50. The van der Waals surface area contributed by atoms with Gasteiger partial charge in [-0.3, -0.25) is 4.70 Å². The summed E-state index contributed by atoms with van der Waals surface area (Å²) in [5.74, 6) is 0. The molecule has 0 aromatic carbocycles. The van der Waals surface area contributed by atoms with Gasteiger partial charge in [0.2, 0.25) is 0 Å². The first-order chi connectivity index (χ1) is 5.41. The molecule has 0 nitrogen and oxygen atoms in total. The summed E-state index contributed by atoms with van der Waals surface area (Å²) in [7, 11) is 0. The highest BCUT2D eigenvalue weighted by Crippen LogP contribution is 2.08. The standard InChI is InChI=1S/C11H24.FH/c1-3-5-7-9-11-10-8-6-4-2;/h3-11H2,1-2H3;1H. The fourth-order valence-electron chi connectivity index (χ4n) is 1.38. The van der Waals surface area contributed by atoms with Crippen LogP contribution in [0.25, 0.3) is 0 Å². The lowest BCUT2D eigenvalue weighted by Crippen LogP contribution is -1.79. The Morgan fingerprint density at radius 2 is 0.750 bits per heavy atom. The summed E-state index contributed by atoms with van der Waals surface area (Å²) >= 11 is 0. The molecule has 0 aliphatic rings. The largest absolute Gasteiger partial charge is 0.269 e. The van der Waals surface area contributed by atoms with E-state index in [-0.39, 0.29) is 4.70 Å². The van der Waals surface area contributed by atoms with Crippen LogP contribution in [0, 0.1) is 0 Å². The van der Waals surface area contributed by atoms with Gasteiger partial charge in [-0.25, -0.2) is 0 Å². The van der Waals surface area contributed by atoms with Crippen LogP contribution in [-0.2, 0) is 0 Å². The summed E-state index contributed by atoms with van der Waals surface area (Å²) in [6.45, 7) is 4.55. The molecular weight excluding hydrogens is 151 g/mol. The number of halogens is 1. The van der Waals surface area contributed by atoms with Crippen molar-refractivity contribution in [3.63, 3.8) is 0 Å². The van der Waals surface area contributed by atoms with E-state index >= 15 is 0 Å². The van der Waals surface area contributed by atoms with Crippen molar-refractivity contribution in [3.05, 3.63) is 0 Å². The minimum Gasteiger partial charge on any atom is -0.269 e. The average molecular weight is 176 g/mol. The molecule has 0 aliphatic carbocycles. The van der Waals surface area contributed by atoms with Gasteiger partial charge < -0.3 is 0 Å². The predicted molar refractivity (Wildman–Crippen MR) is 55.4 cm³/mol. The molecule has 12 heavy (non-hydrogen) atoms. The lowest BCUT2D eigenvalue weighted by molar-refractivity contribution is 0.572. The maximum absolute atomic E-state index is 2.27. The maximum Gasteiger partial charge on any atom is -0.0533 e. The van der Waals surface area contributed by atoms with Crippen molar-refractivity contribution in [3.8, 4) is 0 Å². The van der Waals surface area contributed by atoms with Crippen molar-refractivity contribution in [1.82, 2.24) is 0 Å². The van der Waals surface area contributed by atoms with Gasteiger partial charge in [0.1, 0.15) is 0 Å². The molecule has 0 amide bonds. The second-order valence-electron chi connectivity index (χ2n) is 3.47. The van der Waals surface area contributed by atoms with Gasteiger partial charge in [0.05, 0.1) is 0 Å². The van der Waals surface area contributed by atoms with Crippen LogP contribution in [0.1, 0.15) is 71.6 Å². The Hall–Kier alpha value is -0.0700. The SMILES string of the molecule is CCCCCCCCCCC.F. The van der Waals surface area contributed by atoms with E-state index in [2.05, 4.69) is 13.8 Å². The summed E-state index contributed by atoms with van der Waals surface area (Å²) in [5.41, 5.74) is 0. The van der Waals surface area contributed by atoms with Crippen LogP contribution in [0.15, 0.2) is 0 Å². The summed E-state index contributed by atoms with van der Waals surface area (Å²) in [6, 6.07) is 0. The first-order valence-electron chi connectivity index (χ1n) is 5.41. The molecule has 0 unspecified atom stereocenters. The van der Waals surface area contributed by atoms with Gasteiger partial charge in [0, 0.05) is 0 Å². The fourth-order valence-corrected chi connectivity index (χ4v) is 1.38. The molecule has 1 heteroatoms. The van der Waals surface area contributed by atoms with Gasteiger partial charge in [0.25, 0.3) is 0 Å². The van der Waals surface area contributed by atoms with E-state index in [1.54, 1.807) is 0 Å². The summed E-state index contributed by atoms with van der Waals surface area (Å²) in [6.07, 6.45) is 13.0. The monoisotopic (exact) mass is 176 g/mol. The van der Waals surface area contributed by atoms with Gasteiger partial charge >= 0.3 is 0 Å². The Morgan fingerprint density at radius 1 is 0.500 bits per heavy atom. The third-order valence-corrected chi connectivity index (χ3v) is 2.21. The molecule has 0 aromatic rings. The van der Waals surface area contributed by atoms with E-state index < -0.39 is 0 Å².